The van der Waals surface area contributed by atoms with Gasteiger partial charge in [0.15, 0.2) is 5.76 Å². The minimum atomic E-state index is -0.547. The van der Waals surface area contributed by atoms with E-state index in [4.69, 9.17) is 16.0 Å². The summed E-state index contributed by atoms with van der Waals surface area (Å²) in [6.45, 7) is 3.18. The van der Waals surface area contributed by atoms with Gasteiger partial charge < -0.3 is 4.42 Å². The second-order valence-corrected chi connectivity index (χ2v) is 4.41. The lowest BCUT2D eigenvalue weighted by Gasteiger charge is -2.02. The summed E-state index contributed by atoms with van der Waals surface area (Å²) in [6, 6.07) is 2.21. The van der Waals surface area contributed by atoms with Crippen molar-refractivity contribution in [1.82, 2.24) is 4.98 Å². The van der Waals surface area contributed by atoms with Gasteiger partial charge in [0.05, 0.1) is 11.8 Å². The Morgan fingerprint density at radius 1 is 1.29 bits per heavy atom. The highest BCUT2D eigenvalue weighted by atomic mass is 35.5. The minimum absolute atomic E-state index is 0.0455. The van der Waals surface area contributed by atoms with Crippen molar-refractivity contribution in [1.29, 1.82) is 0 Å². The second-order valence-electron chi connectivity index (χ2n) is 3.76. The molecule has 0 saturated carbocycles. The van der Waals surface area contributed by atoms with Crippen LogP contribution in [0.25, 0.3) is 11.3 Å². The SMILES string of the molecule is Cc1cc(F)c(-c2cnc(C(C)Cl)o2)cc1F. The van der Waals surface area contributed by atoms with Gasteiger partial charge in [0.25, 0.3) is 0 Å². The number of benzene rings is 1. The van der Waals surface area contributed by atoms with Crippen LogP contribution in [-0.4, -0.2) is 4.98 Å². The molecule has 2 aromatic rings. The summed E-state index contributed by atoms with van der Waals surface area (Å²) in [5.41, 5.74) is 0.292. The smallest absolute Gasteiger partial charge is 0.212 e. The van der Waals surface area contributed by atoms with Gasteiger partial charge in [-0.25, -0.2) is 13.8 Å². The van der Waals surface area contributed by atoms with Crippen LogP contribution in [0.5, 0.6) is 0 Å². The quantitative estimate of drug-likeness (QED) is 0.753. The molecule has 90 valence electrons. The van der Waals surface area contributed by atoms with Gasteiger partial charge in [-0.15, -0.1) is 11.6 Å². The molecule has 0 aliphatic heterocycles. The maximum Gasteiger partial charge on any atom is 0.212 e. The van der Waals surface area contributed by atoms with Gasteiger partial charge in [-0.05, 0) is 31.5 Å². The van der Waals surface area contributed by atoms with Gasteiger partial charge in [0.2, 0.25) is 5.89 Å². The van der Waals surface area contributed by atoms with Crippen LogP contribution in [0.2, 0.25) is 0 Å². The molecule has 1 heterocycles. The van der Waals surface area contributed by atoms with E-state index in [0.717, 1.165) is 12.1 Å². The van der Waals surface area contributed by atoms with E-state index in [1.54, 1.807) is 6.92 Å². The van der Waals surface area contributed by atoms with Gasteiger partial charge in [-0.1, -0.05) is 0 Å². The molecule has 1 atom stereocenters. The zero-order valence-corrected chi connectivity index (χ0v) is 10.1. The highest BCUT2D eigenvalue weighted by Gasteiger charge is 2.15. The van der Waals surface area contributed by atoms with Crippen LogP contribution < -0.4 is 0 Å². The Bertz CT molecular complexity index is 551. The molecule has 0 bridgehead atoms. The molecule has 0 aliphatic carbocycles. The Kier molecular flexibility index (Phi) is 3.15. The first-order chi connectivity index (χ1) is 7.99. The lowest BCUT2D eigenvalue weighted by Crippen LogP contribution is -1.89. The fourth-order valence-corrected chi connectivity index (χ4v) is 1.53. The average molecular weight is 258 g/mol. The molecule has 0 fully saturated rings. The molecule has 1 aromatic carbocycles. The fraction of sp³-hybridized carbons (Fsp3) is 0.250. The third-order valence-corrected chi connectivity index (χ3v) is 2.56. The van der Waals surface area contributed by atoms with Gasteiger partial charge in [-0.3, -0.25) is 0 Å². The van der Waals surface area contributed by atoms with Crippen LogP contribution in [0.15, 0.2) is 22.7 Å². The van der Waals surface area contributed by atoms with Crippen LogP contribution >= 0.6 is 11.6 Å². The molecule has 0 spiro atoms. The van der Waals surface area contributed by atoms with Gasteiger partial charge in [0.1, 0.15) is 17.0 Å². The van der Waals surface area contributed by atoms with E-state index in [0.29, 0.717) is 0 Å². The number of rotatable bonds is 2. The van der Waals surface area contributed by atoms with Crippen molar-refractivity contribution in [2.75, 3.05) is 0 Å². The first kappa shape index (κ1) is 12.0. The largest absolute Gasteiger partial charge is 0.439 e. The Hall–Kier alpha value is -1.42. The summed E-state index contributed by atoms with van der Waals surface area (Å²) in [6.07, 6.45) is 1.33. The number of hydrogen-bond acceptors (Lipinski definition) is 2. The molecular formula is C12H10ClF2NO. The maximum atomic E-state index is 13.6. The van der Waals surface area contributed by atoms with Gasteiger partial charge >= 0.3 is 0 Å². The molecule has 0 amide bonds. The van der Waals surface area contributed by atoms with Crippen LogP contribution in [-0.2, 0) is 0 Å². The summed E-state index contributed by atoms with van der Waals surface area (Å²) >= 11 is 5.78. The first-order valence-corrected chi connectivity index (χ1v) is 5.48. The molecule has 2 rings (SSSR count). The van der Waals surface area contributed by atoms with E-state index in [1.165, 1.54) is 13.1 Å². The molecule has 1 aromatic heterocycles. The van der Waals surface area contributed by atoms with Crippen molar-refractivity contribution in [3.05, 3.63) is 41.4 Å². The van der Waals surface area contributed by atoms with Crippen molar-refractivity contribution in [2.45, 2.75) is 19.2 Å². The zero-order valence-electron chi connectivity index (χ0n) is 9.30. The van der Waals surface area contributed by atoms with Crippen LogP contribution in [0.4, 0.5) is 8.78 Å². The number of hydrogen-bond donors (Lipinski definition) is 0. The van der Waals surface area contributed by atoms with Crippen molar-refractivity contribution in [2.24, 2.45) is 0 Å². The highest BCUT2D eigenvalue weighted by molar-refractivity contribution is 6.20. The molecular weight excluding hydrogens is 248 g/mol. The van der Waals surface area contributed by atoms with Gasteiger partial charge in [-0.2, -0.15) is 0 Å². The number of aryl methyl sites for hydroxylation is 1. The Balaban J connectivity index is 2.49. The number of nitrogens with zero attached hydrogens (tertiary/aromatic N) is 1. The molecule has 5 heteroatoms. The highest BCUT2D eigenvalue weighted by Crippen LogP contribution is 2.28. The van der Waals surface area contributed by atoms with E-state index in [9.17, 15) is 8.78 Å². The van der Waals surface area contributed by atoms with Crippen LogP contribution in [0, 0.1) is 18.6 Å². The number of alkyl halides is 1. The Morgan fingerprint density at radius 3 is 2.59 bits per heavy atom. The third-order valence-electron chi connectivity index (χ3n) is 2.38. The summed E-state index contributed by atoms with van der Waals surface area (Å²) < 4.78 is 32.3. The Morgan fingerprint density at radius 2 is 2.00 bits per heavy atom. The summed E-state index contributed by atoms with van der Waals surface area (Å²) in [4.78, 5) is 3.90. The molecule has 17 heavy (non-hydrogen) atoms. The molecule has 1 unspecified atom stereocenters. The lowest BCUT2D eigenvalue weighted by atomic mass is 10.1. The van der Waals surface area contributed by atoms with E-state index in [1.807, 2.05) is 0 Å². The van der Waals surface area contributed by atoms with E-state index >= 15 is 0 Å². The predicted octanol–water partition coefficient (Wildman–Crippen LogP) is 4.23. The summed E-state index contributed by atoms with van der Waals surface area (Å²) in [7, 11) is 0. The number of oxazole rings is 1. The van der Waals surface area contributed by atoms with Crippen molar-refractivity contribution < 1.29 is 13.2 Å². The summed E-state index contributed by atoms with van der Waals surface area (Å²) in [5, 5.41) is -0.415. The summed E-state index contributed by atoms with van der Waals surface area (Å²) in [5.74, 6) is -0.585. The van der Waals surface area contributed by atoms with Gasteiger partial charge in [0, 0.05) is 0 Å². The topological polar surface area (TPSA) is 26.0 Å². The van der Waals surface area contributed by atoms with E-state index in [-0.39, 0.29) is 22.8 Å². The minimum Gasteiger partial charge on any atom is -0.439 e. The van der Waals surface area contributed by atoms with Crippen molar-refractivity contribution >= 4 is 11.6 Å². The average Bonchev–Trinajstić information content (AvgIpc) is 2.72. The molecule has 0 saturated heterocycles. The molecule has 2 nitrogen and oxygen atoms in total. The van der Waals surface area contributed by atoms with Crippen LogP contribution in [0.3, 0.4) is 0 Å². The first-order valence-electron chi connectivity index (χ1n) is 5.05. The monoisotopic (exact) mass is 257 g/mol. The molecule has 0 radical (unpaired) electrons. The predicted molar refractivity (Wildman–Crippen MR) is 60.9 cm³/mol. The zero-order chi connectivity index (χ0) is 12.6. The number of halogens is 3. The normalized spacial score (nSPS) is 12.8. The molecule has 0 aliphatic rings. The Labute approximate surface area is 102 Å². The van der Waals surface area contributed by atoms with Crippen molar-refractivity contribution in [3.8, 4) is 11.3 Å². The second kappa shape index (κ2) is 4.45. The van der Waals surface area contributed by atoms with Crippen LogP contribution in [0.1, 0.15) is 23.8 Å². The number of aromatic nitrogens is 1. The van der Waals surface area contributed by atoms with Crippen molar-refractivity contribution in [3.63, 3.8) is 0 Å². The standard InChI is InChI=1S/C12H10ClF2NO/c1-6-3-10(15)8(4-9(6)14)11-5-16-12(17-11)7(2)13/h3-5,7H,1-2H3. The lowest BCUT2D eigenvalue weighted by molar-refractivity contribution is 0.502. The third kappa shape index (κ3) is 2.31. The maximum absolute atomic E-state index is 13.6. The van der Waals surface area contributed by atoms with E-state index < -0.39 is 17.0 Å². The fourth-order valence-electron chi connectivity index (χ4n) is 1.43. The molecule has 0 N–H and O–H groups in total. The van der Waals surface area contributed by atoms with E-state index in [2.05, 4.69) is 4.98 Å².